The smallest absolute Gasteiger partial charge is 0.311 e. The fraction of sp³-hybridized carbons (Fsp3) is 0.415. The zero-order chi connectivity index (χ0) is 46.0. The molecular formula is C41H44F4N2O12S3-2. The van der Waals surface area contributed by atoms with E-state index in [1.165, 1.54) is 43.5 Å². The van der Waals surface area contributed by atoms with Crippen LogP contribution in [0.15, 0.2) is 76.2 Å². The molecule has 3 aromatic rings. The van der Waals surface area contributed by atoms with E-state index in [9.17, 15) is 61.3 Å². The first kappa shape index (κ1) is 48.5. The second-order valence-electron chi connectivity index (χ2n) is 15.3. The van der Waals surface area contributed by atoms with Gasteiger partial charge in [0, 0.05) is 79.4 Å². The van der Waals surface area contributed by atoms with Gasteiger partial charge in [0.2, 0.25) is 23.1 Å². The number of fused-ring (bicyclic) bond motifs is 2. The van der Waals surface area contributed by atoms with E-state index < -0.39 is 91.7 Å². The Labute approximate surface area is 357 Å². The second kappa shape index (κ2) is 18.7. The molecule has 0 aliphatic carbocycles. The Balaban J connectivity index is 1.53. The molecule has 0 N–H and O–H groups in total. The molecule has 2 heterocycles. The summed E-state index contributed by atoms with van der Waals surface area (Å²) in [5.41, 5.74) is 1.18. The van der Waals surface area contributed by atoms with Crippen LogP contribution in [0.4, 0.5) is 28.9 Å². The Morgan fingerprint density at radius 2 is 1.42 bits per heavy atom. The Hall–Kier alpha value is -4.51. The van der Waals surface area contributed by atoms with Crippen LogP contribution in [0, 0.1) is 23.3 Å². The van der Waals surface area contributed by atoms with Crippen molar-refractivity contribution in [3.05, 3.63) is 101 Å². The Morgan fingerprint density at radius 1 is 0.806 bits per heavy atom. The van der Waals surface area contributed by atoms with Crippen molar-refractivity contribution >= 4 is 53.4 Å². The molecular weight excluding hydrogens is 885 g/mol. The van der Waals surface area contributed by atoms with Gasteiger partial charge >= 0.3 is 5.97 Å². The van der Waals surface area contributed by atoms with Gasteiger partial charge in [0.15, 0.2) is 17.3 Å². The first-order valence-corrected chi connectivity index (χ1v) is 23.7. The Bertz CT molecular complexity index is 2660. The van der Waals surface area contributed by atoms with E-state index in [1.807, 2.05) is 23.3 Å². The molecule has 62 heavy (non-hydrogen) atoms. The topological polar surface area (TPSA) is 213 Å². The van der Waals surface area contributed by atoms with Crippen molar-refractivity contribution in [3.8, 4) is 5.75 Å². The van der Waals surface area contributed by atoms with Crippen LogP contribution >= 0.6 is 0 Å². The van der Waals surface area contributed by atoms with Crippen LogP contribution in [-0.2, 0) is 50.7 Å². The number of hydrogen-bond acceptors (Lipinski definition) is 13. The molecule has 2 aliphatic rings. The van der Waals surface area contributed by atoms with Crippen LogP contribution in [-0.4, -0.2) is 87.7 Å². The van der Waals surface area contributed by atoms with Gasteiger partial charge in [-0.2, -0.15) is 13.4 Å². The number of hydrogen-bond donors (Lipinski definition) is 0. The van der Waals surface area contributed by atoms with Gasteiger partial charge in [-0.15, -0.1) is 0 Å². The van der Waals surface area contributed by atoms with Crippen molar-refractivity contribution in [2.24, 2.45) is 0 Å². The summed E-state index contributed by atoms with van der Waals surface area (Å²) >= 11 is 0. The second-order valence-corrected chi connectivity index (χ2v) is 19.6. The lowest BCUT2D eigenvalue weighted by Crippen LogP contribution is -2.33. The van der Waals surface area contributed by atoms with Crippen molar-refractivity contribution in [1.29, 1.82) is 0 Å². The number of nitrogens with zero attached hydrogens (tertiary/aromatic N) is 2. The summed E-state index contributed by atoms with van der Waals surface area (Å²) in [5, 5.41) is 0. The number of esters is 1. The lowest BCUT2D eigenvalue weighted by Gasteiger charge is -2.30. The number of benzene rings is 3. The van der Waals surface area contributed by atoms with Crippen LogP contribution in [0.3, 0.4) is 0 Å². The number of carbonyl (C=O) groups is 1. The molecule has 0 saturated heterocycles. The fourth-order valence-electron chi connectivity index (χ4n) is 8.14. The van der Waals surface area contributed by atoms with E-state index in [0.29, 0.717) is 59.7 Å². The number of rotatable bonds is 19. The van der Waals surface area contributed by atoms with Gasteiger partial charge in [-0.3, -0.25) is 4.79 Å². The number of anilines is 1. The third-order valence-corrected chi connectivity index (χ3v) is 13.7. The SMILES string of the molecule is CCN1/C(=C/C=C/C2=[N+](CCCCCC(=O)Oc3c(F)c(F)cc(F)c3F)c3ccc(S(=O)(=O)[O-])cc3C2(C)CCOC)C(C)(CCCS(=O)(=O)[O-])c2cc(S(=O)(=O)[O-])ccc21. The zero-order valence-corrected chi connectivity index (χ0v) is 36.5. The maximum Gasteiger partial charge on any atom is 0.311 e. The summed E-state index contributed by atoms with van der Waals surface area (Å²) in [7, 11) is -12.9. The highest BCUT2D eigenvalue weighted by atomic mass is 32.2. The standard InChI is InChI=1S/C41H46F4N2O12S3/c1-5-46-32-16-14-26(61(52,53)54)23-28(32)40(2,18-10-22-60(49,50)51)34(46)11-9-12-35-41(3,19-21-58-4)29-24-27(62(55,56)57)15-17-33(29)47(35)20-8-6-7-13-36(48)59-39-37(44)30(42)25-31(43)38(39)45/h9,11-12,14-17,23-25H,5-8,10,13,18-22H2,1-4H3,(H2-,49,50,51,52,53,54,55,56,57)/p-2. The van der Waals surface area contributed by atoms with Gasteiger partial charge in [0.05, 0.1) is 25.3 Å². The first-order valence-electron chi connectivity index (χ1n) is 19.4. The highest BCUT2D eigenvalue weighted by Gasteiger charge is 2.48. The summed E-state index contributed by atoms with van der Waals surface area (Å²) in [6, 6.07) is 7.89. The van der Waals surface area contributed by atoms with Crippen LogP contribution in [0.25, 0.3) is 0 Å². The zero-order valence-electron chi connectivity index (χ0n) is 34.1. The number of unbranched alkanes of at least 4 members (excludes halogenated alkanes) is 2. The van der Waals surface area contributed by atoms with Gasteiger partial charge in [-0.1, -0.05) is 6.08 Å². The van der Waals surface area contributed by atoms with Gasteiger partial charge in [0.1, 0.15) is 26.8 Å². The number of carbonyl (C=O) groups excluding carboxylic acids is 1. The molecule has 21 heteroatoms. The fourth-order valence-corrected chi connectivity index (χ4v) is 9.63. The molecule has 5 rings (SSSR count). The molecule has 0 spiro atoms. The molecule has 14 nitrogen and oxygen atoms in total. The average Bonchev–Trinajstić information content (AvgIpc) is 3.56. The van der Waals surface area contributed by atoms with E-state index in [1.54, 1.807) is 25.2 Å². The Morgan fingerprint density at radius 3 is 2.00 bits per heavy atom. The Kier molecular flexibility index (Phi) is 14.6. The quantitative estimate of drug-likeness (QED) is 0.0250. The molecule has 2 atom stereocenters. The number of likely N-dealkylation sites (N-methyl/N-ethyl adjacent to an activating group) is 1. The normalized spacial score (nSPS) is 19.8. The molecule has 2 unspecified atom stereocenters. The number of methoxy groups -OCH3 is 1. The van der Waals surface area contributed by atoms with Crippen molar-refractivity contribution in [1.82, 2.24) is 0 Å². The van der Waals surface area contributed by atoms with Crippen molar-refractivity contribution < 1.29 is 75.3 Å². The third kappa shape index (κ3) is 10.3. The third-order valence-electron chi connectivity index (χ3n) is 11.2. The summed E-state index contributed by atoms with van der Waals surface area (Å²) in [5.74, 6) is -10.5. The largest absolute Gasteiger partial charge is 0.748 e. The highest BCUT2D eigenvalue weighted by Crippen LogP contribution is 2.51. The molecule has 3 aromatic carbocycles. The van der Waals surface area contributed by atoms with Gasteiger partial charge in [-0.25, -0.2) is 34.0 Å². The van der Waals surface area contributed by atoms with E-state index in [4.69, 9.17) is 4.74 Å². The average molecular weight is 929 g/mol. The minimum absolute atomic E-state index is 0.0150. The summed E-state index contributed by atoms with van der Waals surface area (Å²) in [4.78, 5) is 13.3. The first-order chi connectivity index (χ1) is 28.9. The summed E-state index contributed by atoms with van der Waals surface area (Å²) in [6.45, 7) is 6.22. The molecule has 0 fully saturated rings. The van der Waals surface area contributed by atoms with Gasteiger partial charge < -0.3 is 28.0 Å². The van der Waals surface area contributed by atoms with Gasteiger partial charge in [0.25, 0.3) is 0 Å². The van der Waals surface area contributed by atoms with Crippen molar-refractivity contribution in [2.45, 2.75) is 86.3 Å². The summed E-state index contributed by atoms with van der Waals surface area (Å²) in [6.07, 6.45) is 5.93. The maximum atomic E-state index is 14.1. The number of halogens is 4. The van der Waals surface area contributed by atoms with Crippen LogP contribution in [0.2, 0.25) is 0 Å². The van der Waals surface area contributed by atoms with Crippen LogP contribution in [0.5, 0.6) is 5.75 Å². The lowest BCUT2D eigenvalue weighted by atomic mass is 9.76. The molecule has 0 bridgehead atoms. The lowest BCUT2D eigenvalue weighted by molar-refractivity contribution is -0.438. The molecule has 0 amide bonds. The van der Waals surface area contributed by atoms with Crippen molar-refractivity contribution in [2.75, 3.05) is 37.5 Å². The minimum atomic E-state index is -4.89. The van der Waals surface area contributed by atoms with E-state index in [-0.39, 0.29) is 44.9 Å². The van der Waals surface area contributed by atoms with E-state index in [0.717, 1.165) is 0 Å². The minimum Gasteiger partial charge on any atom is -0.748 e. The van der Waals surface area contributed by atoms with E-state index >= 15 is 0 Å². The number of ether oxygens (including phenoxy) is 2. The predicted octanol–water partition coefficient (Wildman–Crippen LogP) is 6.17. The monoisotopic (exact) mass is 928 g/mol. The van der Waals surface area contributed by atoms with Gasteiger partial charge in [-0.05, 0) is 94.8 Å². The van der Waals surface area contributed by atoms with Crippen molar-refractivity contribution in [3.63, 3.8) is 0 Å². The van der Waals surface area contributed by atoms with E-state index in [2.05, 4.69) is 4.74 Å². The molecule has 0 radical (unpaired) electrons. The number of allylic oxidation sites excluding steroid dienone is 4. The predicted molar refractivity (Wildman–Crippen MR) is 214 cm³/mol. The molecule has 0 saturated carbocycles. The van der Waals surface area contributed by atoms with Crippen LogP contribution in [0.1, 0.15) is 76.8 Å². The highest BCUT2D eigenvalue weighted by molar-refractivity contribution is 7.86. The summed E-state index contributed by atoms with van der Waals surface area (Å²) < 4.78 is 175. The molecule has 0 aromatic heterocycles. The molecule has 338 valence electrons. The molecule has 2 aliphatic heterocycles. The maximum absolute atomic E-state index is 14.1. The van der Waals surface area contributed by atoms with Crippen LogP contribution < -0.4 is 9.64 Å².